The zero-order valence-corrected chi connectivity index (χ0v) is 15.8. The molecule has 0 radical (unpaired) electrons. The number of allylic oxidation sites excluding steroid dienone is 1. The molecule has 0 saturated heterocycles. The first-order valence-corrected chi connectivity index (χ1v) is 9.77. The van der Waals surface area contributed by atoms with Gasteiger partial charge in [-0.05, 0) is 67.1 Å². The average Bonchev–Trinajstić information content (AvgIpc) is 2.96. The molecule has 0 aromatic rings. The van der Waals surface area contributed by atoms with Crippen LogP contribution in [0.3, 0.4) is 0 Å². The fraction of sp³-hybridized carbons (Fsp3) is 0.864. The van der Waals surface area contributed by atoms with Crippen LogP contribution in [0.1, 0.15) is 86.0 Å². The van der Waals surface area contributed by atoms with Gasteiger partial charge in [0, 0.05) is 10.8 Å². The van der Waals surface area contributed by atoms with E-state index in [9.17, 15) is 4.79 Å². The van der Waals surface area contributed by atoms with E-state index >= 15 is 0 Å². The SMILES string of the molecule is C=C1C[C@@]2(C)CCC34C(=O)[C@]3(C)CCC[C@@]4(C)[C@@H]2CCC1(C)C. The molecule has 4 aliphatic carbocycles. The third-order valence-electron chi connectivity index (χ3n) is 9.43. The first-order chi connectivity index (χ1) is 10.5. The third kappa shape index (κ3) is 1.58. The second kappa shape index (κ2) is 4.14. The lowest BCUT2D eigenvalue weighted by molar-refractivity contribution is -0.129. The maximum atomic E-state index is 13.0. The molecular weight excluding hydrogens is 280 g/mol. The van der Waals surface area contributed by atoms with Crippen LogP contribution in [0.4, 0.5) is 0 Å². The highest BCUT2D eigenvalue weighted by Crippen LogP contribution is 2.82. The van der Waals surface area contributed by atoms with Crippen LogP contribution in [0.5, 0.6) is 0 Å². The molecule has 4 rings (SSSR count). The smallest absolute Gasteiger partial charge is 0.147 e. The van der Waals surface area contributed by atoms with Gasteiger partial charge in [0.15, 0.2) is 0 Å². The van der Waals surface area contributed by atoms with Gasteiger partial charge in [-0.1, -0.05) is 53.2 Å². The topological polar surface area (TPSA) is 17.1 Å². The van der Waals surface area contributed by atoms with Crippen LogP contribution in [-0.2, 0) is 4.79 Å². The lowest BCUT2D eigenvalue weighted by Crippen LogP contribution is -2.53. The molecule has 0 bridgehead atoms. The van der Waals surface area contributed by atoms with E-state index in [0.29, 0.717) is 17.1 Å². The zero-order valence-electron chi connectivity index (χ0n) is 15.8. The molecule has 0 amide bonds. The van der Waals surface area contributed by atoms with Crippen molar-refractivity contribution < 1.29 is 4.79 Å². The normalized spacial score (nSPS) is 54.6. The van der Waals surface area contributed by atoms with Crippen molar-refractivity contribution in [3.63, 3.8) is 0 Å². The predicted molar refractivity (Wildman–Crippen MR) is 95.1 cm³/mol. The van der Waals surface area contributed by atoms with Crippen LogP contribution in [0, 0.1) is 33.0 Å². The van der Waals surface area contributed by atoms with Crippen LogP contribution in [0.25, 0.3) is 0 Å². The first kappa shape index (κ1) is 15.9. The van der Waals surface area contributed by atoms with Crippen LogP contribution in [0.2, 0.25) is 0 Å². The molecule has 4 saturated carbocycles. The van der Waals surface area contributed by atoms with E-state index in [0.717, 1.165) is 12.8 Å². The van der Waals surface area contributed by atoms with Crippen LogP contribution in [0.15, 0.2) is 12.2 Å². The van der Waals surface area contributed by atoms with E-state index in [4.69, 9.17) is 0 Å². The van der Waals surface area contributed by atoms with Crippen molar-refractivity contribution in [2.75, 3.05) is 0 Å². The van der Waals surface area contributed by atoms with Gasteiger partial charge < -0.3 is 0 Å². The third-order valence-corrected chi connectivity index (χ3v) is 9.43. The second-order valence-corrected chi connectivity index (χ2v) is 10.7. The van der Waals surface area contributed by atoms with Crippen molar-refractivity contribution in [3.8, 4) is 0 Å². The largest absolute Gasteiger partial charge is 0.298 e. The maximum Gasteiger partial charge on any atom is 0.147 e. The Balaban J connectivity index is 1.80. The van der Waals surface area contributed by atoms with E-state index in [2.05, 4.69) is 41.2 Å². The quantitative estimate of drug-likeness (QED) is 0.506. The summed E-state index contributed by atoms with van der Waals surface area (Å²) in [5, 5.41) is 0. The summed E-state index contributed by atoms with van der Waals surface area (Å²) in [5.74, 6) is 1.31. The Bertz CT molecular complexity index is 601. The summed E-state index contributed by atoms with van der Waals surface area (Å²) in [6.45, 7) is 16.5. The highest BCUT2D eigenvalue weighted by atomic mass is 16.1. The molecule has 0 aromatic carbocycles. The fourth-order valence-corrected chi connectivity index (χ4v) is 7.70. The van der Waals surface area contributed by atoms with Crippen LogP contribution >= 0.6 is 0 Å². The Labute approximate surface area is 142 Å². The number of Topliss-reactive ketones (excluding diaryl/α,β-unsaturated/α-hetero) is 1. The second-order valence-electron chi connectivity index (χ2n) is 10.7. The Morgan fingerprint density at radius 2 is 1.65 bits per heavy atom. The molecule has 5 atom stereocenters. The molecule has 4 fully saturated rings. The molecule has 1 heteroatoms. The number of ketones is 1. The summed E-state index contributed by atoms with van der Waals surface area (Å²) in [6.07, 6.45) is 9.71. The molecule has 1 spiro atoms. The molecule has 1 unspecified atom stereocenters. The number of fused-ring (bicyclic) bond motifs is 2. The lowest BCUT2D eigenvalue weighted by atomic mass is 9.44. The van der Waals surface area contributed by atoms with Gasteiger partial charge in [0.2, 0.25) is 0 Å². The molecule has 4 aliphatic rings. The van der Waals surface area contributed by atoms with Crippen molar-refractivity contribution in [2.45, 2.75) is 86.0 Å². The zero-order chi connectivity index (χ0) is 16.9. The molecule has 1 nitrogen and oxygen atoms in total. The highest BCUT2D eigenvalue weighted by molar-refractivity contribution is 6.09. The minimum Gasteiger partial charge on any atom is -0.298 e. The number of carbonyl (C=O) groups excluding carboxylic acids is 1. The van der Waals surface area contributed by atoms with Crippen LogP contribution < -0.4 is 0 Å². The Morgan fingerprint density at radius 1 is 0.957 bits per heavy atom. The van der Waals surface area contributed by atoms with Crippen molar-refractivity contribution in [2.24, 2.45) is 33.0 Å². The van der Waals surface area contributed by atoms with Crippen molar-refractivity contribution in [3.05, 3.63) is 12.2 Å². The average molecular weight is 315 g/mol. The molecule has 0 N–H and O–H groups in total. The first-order valence-electron chi connectivity index (χ1n) is 9.77. The molecule has 0 aliphatic heterocycles. The maximum absolute atomic E-state index is 13.0. The standard InChI is InChI=1S/C22H34O/c1-15-14-19(4)12-13-22-17(23)21(22,6)10-7-9-20(22,5)16(19)8-11-18(15,2)3/h16H,1,7-14H2,2-6H3/t16-,19-,20+,21+,22?/m1/s1. The van der Waals surface area contributed by atoms with Gasteiger partial charge in [-0.2, -0.15) is 0 Å². The number of hydrogen-bond acceptors (Lipinski definition) is 1. The van der Waals surface area contributed by atoms with Crippen molar-refractivity contribution >= 4 is 5.78 Å². The van der Waals surface area contributed by atoms with Gasteiger partial charge in [-0.25, -0.2) is 0 Å². The van der Waals surface area contributed by atoms with Gasteiger partial charge in [0.25, 0.3) is 0 Å². The monoisotopic (exact) mass is 314 g/mol. The molecule has 23 heavy (non-hydrogen) atoms. The summed E-state index contributed by atoms with van der Waals surface area (Å²) in [7, 11) is 0. The van der Waals surface area contributed by atoms with Gasteiger partial charge >= 0.3 is 0 Å². The van der Waals surface area contributed by atoms with Gasteiger partial charge in [-0.15, -0.1) is 0 Å². The Kier molecular flexibility index (Phi) is 2.86. The summed E-state index contributed by atoms with van der Waals surface area (Å²) < 4.78 is 0. The molecular formula is C22H34O. The summed E-state index contributed by atoms with van der Waals surface area (Å²) in [4.78, 5) is 13.0. The van der Waals surface area contributed by atoms with E-state index in [-0.39, 0.29) is 21.7 Å². The summed E-state index contributed by atoms with van der Waals surface area (Å²) in [6, 6.07) is 0. The number of hydrogen-bond donors (Lipinski definition) is 0. The Morgan fingerprint density at radius 3 is 2.35 bits per heavy atom. The highest BCUT2D eigenvalue weighted by Gasteiger charge is 2.83. The van der Waals surface area contributed by atoms with Crippen LogP contribution in [-0.4, -0.2) is 5.78 Å². The molecule has 128 valence electrons. The van der Waals surface area contributed by atoms with Crippen molar-refractivity contribution in [1.29, 1.82) is 0 Å². The van der Waals surface area contributed by atoms with Crippen molar-refractivity contribution in [1.82, 2.24) is 0 Å². The number of rotatable bonds is 0. The molecule has 0 heterocycles. The lowest BCUT2D eigenvalue weighted by Gasteiger charge is -2.59. The number of carbonyl (C=O) groups is 1. The fourth-order valence-electron chi connectivity index (χ4n) is 7.70. The van der Waals surface area contributed by atoms with E-state index < -0.39 is 0 Å². The van der Waals surface area contributed by atoms with Gasteiger partial charge in [0.05, 0.1) is 0 Å². The minimum atomic E-state index is 0.0140. The van der Waals surface area contributed by atoms with Gasteiger partial charge in [0.1, 0.15) is 5.78 Å². The predicted octanol–water partition coefficient (Wildman–Crippen LogP) is 5.93. The minimum absolute atomic E-state index is 0.0140. The van der Waals surface area contributed by atoms with E-state index in [1.165, 1.54) is 44.1 Å². The van der Waals surface area contributed by atoms with E-state index in [1.807, 2.05) is 0 Å². The summed E-state index contributed by atoms with van der Waals surface area (Å²) >= 11 is 0. The molecule has 0 aromatic heterocycles. The van der Waals surface area contributed by atoms with E-state index in [1.54, 1.807) is 0 Å². The Hall–Kier alpha value is -0.590. The van der Waals surface area contributed by atoms with Gasteiger partial charge in [-0.3, -0.25) is 4.79 Å². The summed E-state index contributed by atoms with van der Waals surface area (Å²) in [5.41, 5.74) is 2.33.